The maximum atomic E-state index is 12.5. The zero-order chi connectivity index (χ0) is 17.2. The number of nitrogens with zero attached hydrogens (tertiary/aromatic N) is 2. The van der Waals surface area contributed by atoms with Gasteiger partial charge in [-0.2, -0.15) is 0 Å². The van der Waals surface area contributed by atoms with Crippen LogP contribution in [0.4, 0.5) is 5.69 Å². The van der Waals surface area contributed by atoms with Gasteiger partial charge in [-0.1, -0.05) is 18.2 Å². The molecule has 0 aromatic heterocycles. The van der Waals surface area contributed by atoms with Gasteiger partial charge in [0.25, 0.3) is 0 Å². The lowest BCUT2D eigenvalue weighted by molar-refractivity contribution is -0.135. The highest BCUT2D eigenvalue weighted by atomic mass is 32.2. The second kappa shape index (κ2) is 6.70. The predicted octanol–water partition coefficient (Wildman–Crippen LogP) is 0.931. The Morgan fingerprint density at radius 3 is 2.52 bits per heavy atom. The van der Waals surface area contributed by atoms with Gasteiger partial charge in [-0.25, -0.2) is 8.42 Å². The van der Waals surface area contributed by atoms with Crippen LogP contribution < -0.4 is 4.90 Å². The van der Waals surface area contributed by atoms with Gasteiger partial charge in [-0.15, -0.1) is 0 Å². The minimum Gasteiger partial charge on any atom is -0.342 e. The molecular formula is C16H22N2O4S. The maximum Gasteiger partial charge on any atom is 0.228 e. The summed E-state index contributed by atoms with van der Waals surface area (Å²) in [7, 11) is -1.57. The van der Waals surface area contributed by atoms with Gasteiger partial charge in [0.05, 0.1) is 11.7 Å². The van der Waals surface area contributed by atoms with Crippen molar-refractivity contribution in [2.45, 2.75) is 19.4 Å². The van der Waals surface area contributed by atoms with E-state index in [-0.39, 0.29) is 24.0 Å². The van der Waals surface area contributed by atoms with Crippen molar-refractivity contribution in [1.29, 1.82) is 0 Å². The highest BCUT2D eigenvalue weighted by molar-refractivity contribution is 7.90. The van der Waals surface area contributed by atoms with Crippen molar-refractivity contribution < 1.29 is 18.0 Å². The largest absolute Gasteiger partial charge is 0.342 e. The van der Waals surface area contributed by atoms with Crippen LogP contribution in [0.15, 0.2) is 30.3 Å². The third-order valence-corrected chi connectivity index (χ3v) is 5.18. The normalized spacial score (nSPS) is 19.7. The Balaban J connectivity index is 2.05. The Labute approximate surface area is 137 Å². The Hall–Kier alpha value is -1.89. The first kappa shape index (κ1) is 17.5. The van der Waals surface area contributed by atoms with Crippen LogP contribution in [0.2, 0.25) is 0 Å². The second-order valence-electron chi connectivity index (χ2n) is 6.13. The topological polar surface area (TPSA) is 74.8 Å². The molecule has 126 valence electrons. The molecule has 1 aliphatic rings. The molecule has 6 nitrogen and oxygen atoms in total. The molecule has 0 N–H and O–H groups in total. The Kier molecular flexibility index (Phi) is 5.09. The highest BCUT2D eigenvalue weighted by Crippen LogP contribution is 2.26. The predicted molar refractivity (Wildman–Crippen MR) is 88.8 cm³/mol. The molecular weight excluding hydrogens is 316 g/mol. The molecule has 1 aromatic carbocycles. The van der Waals surface area contributed by atoms with Crippen LogP contribution in [0.25, 0.3) is 0 Å². The van der Waals surface area contributed by atoms with Crippen molar-refractivity contribution in [3.05, 3.63) is 30.3 Å². The molecule has 2 amide bonds. The first-order chi connectivity index (χ1) is 10.7. The SMILES string of the molecule is C[C@H](CS(C)(=O)=O)N(C)C(=O)[C@H]1CC(=O)N(c2ccccc2)C1. The van der Waals surface area contributed by atoms with E-state index in [1.807, 2.05) is 30.3 Å². The summed E-state index contributed by atoms with van der Waals surface area (Å²) in [5.41, 5.74) is 0.777. The molecule has 0 radical (unpaired) electrons. The summed E-state index contributed by atoms with van der Waals surface area (Å²) in [5.74, 6) is -0.792. The lowest BCUT2D eigenvalue weighted by atomic mass is 10.1. The number of para-hydroxylation sites is 1. The van der Waals surface area contributed by atoms with Crippen LogP contribution in [-0.2, 0) is 19.4 Å². The summed E-state index contributed by atoms with van der Waals surface area (Å²) in [6, 6.07) is 8.81. The fourth-order valence-electron chi connectivity index (χ4n) is 2.79. The molecule has 1 aliphatic heterocycles. The van der Waals surface area contributed by atoms with Gasteiger partial charge in [0.1, 0.15) is 9.84 Å². The summed E-state index contributed by atoms with van der Waals surface area (Å²) in [5, 5.41) is 0. The summed E-state index contributed by atoms with van der Waals surface area (Å²) >= 11 is 0. The van der Waals surface area contributed by atoms with Gasteiger partial charge in [-0.05, 0) is 19.1 Å². The molecule has 0 saturated carbocycles. The van der Waals surface area contributed by atoms with Crippen molar-refractivity contribution in [2.24, 2.45) is 5.92 Å². The molecule has 1 aromatic rings. The van der Waals surface area contributed by atoms with E-state index >= 15 is 0 Å². The number of carbonyl (C=O) groups is 2. The van der Waals surface area contributed by atoms with Gasteiger partial charge >= 0.3 is 0 Å². The average Bonchev–Trinajstić information content (AvgIpc) is 2.87. The number of hydrogen-bond acceptors (Lipinski definition) is 4. The zero-order valence-electron chi connectivity index (χ0n) is 13.6. The molecule has 1 saturated heterocycles. The zero-order valence-corrected chi connectivity index (χ0v) is 14.4. The standard InChI is InChI=1S/C16H22N2O4S/c1-12(11-23(3,21)22)17(2)16(20)13-9-15(19)18(10-13)14-7-5-4-6-8-14/h4-8,12-13H,9-11H2,1-3H3/t12-,13+/m1/s1. The van der Waals surface area contributed by atoms with Crippen molar-refractivity contribution >= 4 is 27.3 Å². The fraction of sp³-hybridized carbons (Fsp3) is 0.500. The Bertz CT molecular complexity index is 687. The monoisotopic (exact) mass is 338 g/mol. The van der Waals surface area contributed by atoms with Crippen molar-refractivity contribution in [2.75, 3.05) is 30.5 Å². The van der Waals surface area contributed by atoms with E-state index in [0.717, 1.165) is 11.9 Å². The number of amides is 2. The van der Waals surface area contributed by atoms with E-state index in [0.29, 0.717) is 6.54 Å². The second-order valence-corrected chi connectivity index (χ2v) is 8.32. The molecule has 23 heavy (non-hydrogen) atoms. The van der Waals surface area contributed by atoms with Crippen LogP contribution in [-0.4, -0.2) is 56.8 Å². The quantitative estimate of drug-likeness (QED) is 0.800. The van der Waals surface area contributed by atoms with E-state index in [1.165, 1.54) is 4.90 Å². The summed E-state index contributed by atoms with van der Waals surface area (Å²) in [6.07, 6.45) is 1.31. The molecule has 0 spiro atoms. The van der Waals surface area contributed by atoms with E-state index < -0.39 is 21.8 Å². The number of rotatable bonds is 5. The highest BCUT2D eigenvalue weighted by Gasteiger charge is 2.37. The van der Waals surface area contributed by atoms with Crippen LogP contribution >= 0.6 is 0 Å². The van der Waals surface area contributed by atoms with Crippen LogP contribution in [0.3, 0.4) is 0 Å². The van der Waals surface area contributed by atoms with E-state index in [2.05, 4.69) is 0 Å². The molecule has 7 heteroatoms. The molecule has 0 unspecified atom stereocenters. The van der Waals surface area contributed by atoms with Crippen molar-refractivity contribution in [3.8, 4) is 0 Å². The van der Waals surface area contributed by atoms with Crippen molar-refractivity contribution in [1.82, 2.24) is 4.90 Å². The maximum absolute atomic E-state index is 12.5. The van der Waals surface area contributed by atoms with Crippen molar-refractivity contribution in [3.63, 3.8) is 0 Å². The molecule has 1 fully saturated rings. The Morgan fingerprint density at radius 2 is 1.96 bits per heavy atom. The number of benzene rings is 1. The van der Waals surface area contributed by atoms with E-state index in [4.69, 9.17) is 0 Å². The van der Waals surface area contributed by atoms with E-state index in [9.17, 15) is 18.0 Å². The third kappa shape index (κ3) is 4.31. The van der Waals surface area contributed by atoms with E-state index in [1.54, 1.807) is 18.9 Å². The molecule has 2 atom stereocenters. The summed E-state index contributed by atoms with van der Waals surface area (Å²) in [6.45, 7) is 2.03. The van der Waals surface area contributed by atoms with Gasteiger partial charge in [-0.3, -0.25) is 9.59 Å². The number of hydrogen-bond donors (Lipinski definition) is 0. The molecule has 0 aliphatic carbocycles. The van der Waals surface area contributed by atoms with Gasteiger partial charge in [0.2, 0.25) is 11.8 Å². The van der Waals surface area contributed by atoms with Crippen LogP contribution in [0, 0.1) is 5.92 Å². The summed E-state index contributed by atoms with van der Waals surface area (Å²) < 4.78 is 22.8. The smallest absolute Gasteiger partial charge is 0.228 e. The lowest BCUT2D eigenvalue weighted by Gasteiger charge is -2.27. The lowest BCUT2D eigenvalue weighted by Crippen LogP contribution is -2.43. The number of anilines is 1. The molecule has 2 rings (SSSR count). The van der Waals surface area contributed by atoms with Crippen LogP contribution in [0.5, 0.6) is 0 Å². The number of carbonyl (C=O) groups excluding carboxylic acids is 2. The first-order valence-corrected chi connectivity index (χ1v) is 9.55. The van der Waals surface area contributed by atoms with Gasteiger partial charge in [0.15, 0.2) is 0 Å². The number of sulfone groups is 1. The van der Waals surface area contributed by atoms with Gasteiger partial charge in [0, 0.05) is 38.0 Å². The summed E-state index contributed by atoms with van der Waals surface area (Å²) in [4.78, 5) is 27.8. The third-order valence-electron chi connectivity index (χ3n) is 4.09. The average molecular weight is 338 g/mol. The Morgan fingerprint density at radius 1 is 1.35 bits per heavy atom. The molecule has 1 heterocycles. The minimum absolute atomic E-state index is 0.0845. The minimum atomic E-state index is -3.16. The first-order valence-electron chi connectivity index (χ1n) is 7.49. The van der Waals surface area contributed by atoms with Gasteiger partial charge < -0.3 is 9.80 Å². The molecule has 0 bridgehead atoms. The van der Waals surface area contributed by atoms with Crippen LogP contribution in [0.1, 0.15) is 13.3 Å². The fourth-order valence-corrected chi connectivity index (χ4v) is 3.89.